The van der Waals surface area contributed by atoms with Crippen LogP contribution in [-0.4, -0.2) is 112 Å². The number of carboxylic acid groups (broad SMARTS) is 1. The number of hydrogen-bond donors (Lipinski definition) is 1. The van der Waals surface area contributed by atoms with Gasteiger partial charge in [-0.25, -0.2) is 4.39 Å². The Kier molecular flexibility index (Phi) is 10.8. The molecule has 1 aliphatic carbocycles. The van der Waals surface area contributed by atoms with Crippen LogP contribution >= 0.6 is 11.6 Å². The lowest BCUT2D eigenvalue weighted by molar-refractivity contribution is -0.143. The van der Waals surface area contributed by atoms with Crippen LogP contribution in [0.5, 0.6) is 5.75 Å². The van der Waals surface area contributed by atoms with E-state index in [1.54, 1.807) is 26.2 Å². The number of rotatable bonds is 10. The summed E-state index contributed by atoms with van der Waals surface area (Å²) in [4.78, 5) is 32.4. The molecule has 48 heavy (non-hydrogen) atoms. The molecule has 2 aromatic carbocycles. The molecule has 1 amide bonds. The van der Waals surface area contributed by atoms with Crippen molar-refractivity contribution in [1.82, 2.24) is 9.80 Å². The third-order valence-corrected chi connectivity index (χ3v) is 11.7. The molecule has 0 unspecified atom stereocenters. The Morgan fingerprint density at radius 1 is 0.958 bits per heavy atom. The Labute approximate surface area is 288 Å². The number of alkyl halides is 1. The van der Waals surface area contributed by atoms with Gasteiger partial charge in [0, 0.05) is 88.0 Å². The first kappa shape index (κ1) is 34.9. The second-order valence-corrected chi connectivity index (χ2v) is 14.6. The van der Waals surface area contributed by atoms with Gasteiger partial charge in [-0.1, -0.05) is 29.8 Å². The van der Waals surface area contributed by atoms with Crippen LogP contribution in [0.1, 0.15) is 61.5 Å². The molecule has 1 N–H and O–H groups in total. The average molecular weight is 686 g/mol. The van der Waals surface area contributed by atoms with Gasteiger partial charge in [0.1, 0.15) is 5.75 Å². The lowest BCUT2D eigenvalue weighted by Gasteiger charge is -2.35. The van der Waals surface area contributed by atoms with Crippen LogP contribution < -0.4 is 9.64 Å². The minimum Gasteiger partial charge on any atom is -0.497 e. The zero-order valence-corrected chi connectivity index (χ0v) is 29.0. The molecular formula is C37H49ClFN3O6. The molecule has 0 radical (unpaired) electrons. The van der Waals surface area contributed by atoms with Crippen LogP contribution in [0.25, 0.3) is 0 Å². The normalized spacial score (nSPS) is 30.1. The molecule has 4 aliphatic rings. The molecule has 9 nitrogen and oxygen atoms in total. The summed E-state index contributed by atoms with van der Waals surface area (Å²) in [6.45, 7) is 2.93. The molecule has 0 aromatic heterocycles. The van der Waals surface area contributed by atoms with Gasteiger partial charge in [-0.3, -0.25) is 14.5 Å². The summed E-state index contributed by atoms with van der Waals surface area (Å²) >= 11 is 6.51. The first-order valence-corrected chi connectivity index (χ1v) is 17.7. The number of carbonyl (C=O) groups excluding carboxylic acids is 1. The van der Waals surface area contributed by atoms with E-state index in [0.29, 0.717) is 62.9 Å². The fourth-order valence-electron chi connectivity index (χ4n) is 8.70. The number of aliphatic carboxylic acids is 1. The number of hydrogen-bond acceptors (Lipinski definition) is 7. The van der Waals surface area contributed by atoms with Crippen LogP contribution in [0.2, 0.25) is 5.02 Å². The van der Waals surface area contributed by atoms with Gasteiger partial charge >= 0.3 is 5.97 Å². The SMILES string of the molecule is COC[C@H]1CN(C(=O)[C@]2(F)CN([C@H]3CC[C@H](OC)CC3)C[C@H]2c2ccc(OC)cc2)C[C@@H]1c1ccc(Cl)cc1N1CCC(C(=O)O)CC1. The van der Waals surface area contributed by atoms with Gasteiger partial charge in [0.25, 0.3) is 5.91 Å². The summed E-state index contributed by atoms with van der Waals surface area (Å²) in [5.74, 6) is -1.63. The minimum absolute atomic E-state index is 0.0414. The number of likely N-dealkylation sites (tertiary alicyclic amines) is 2. The van der Waals surface area contributed by atoms with Crippen molar-refractivity contribution in [3.8, 4) is 5.75 Å². The number of anilines is 1. The molecule has 3 aliphatic heterocycles. The van der Waals surface area contributed by atoms with Crippen LogP contribution in [-0.2, 0) is 19.1 Å². The summed E-state index contributed by atoms with van der Waals surface area (Å²) in [7, 11) is 5.01. The lowest BCUT2D eigenvalue weighted by atomic mass is 9.85. The van der Waals surface area contributed by atoms with E-state index in [1.807, 2.05) is 42.5 Å². The van der Waals surface area contributed by atoms with Crippen molar-refractivity contribution in [2.24, 2.45) is 11.8 Å². The maximum Gasteiger partial charge on any atom is 0.306 e. The van der Waals surface area contributed by atoms with Gasteiger partial charge in [0.15, 0.2) is 0 Å². The summed E-state index contributed by atoms with van der Waals surface area (Å²) in [5.41, 5.74) is 0.694. The maximum absolute atomic E-state index is 17.8. The summed E-state index contributed by atoms with van der Waals surface area (Å²) in [6, 6.07) is 13.5. The van der Waals surface area contributed by atoms with Gasteiger partial charge in [0.2, 0.25) is 5.67 Å². The smallest absolute Gasteiger partial charge is 0.306 e. The summed E-state index contributed by atoms with van der Waals surface area (Å²) < 4.78 is 34.4. The highest BCUT2D eigenvalue weighted by Gasteiger charge is 2.57. The molecule has 4 atom stereocenters. The highest BCUT2D eigenvalue weighted by atomic mass is 35.5. The van der Waals surface area contributed by atoms with Crippen LogP contribution in [0.15, 0.2) is 42.5 Å². The molecule has 6 rings (SSSR count). The Balaban J connectivity index is 1.27. The van der Waals surface area contributed by atoms with Crippen LogP contribution in [0.3, 0.4) is 0 Å². The molecule has 262 valence electrons. The average Bonchev–Trinajstić information content (AvgIpc) is 3.70. The molecule has 0 spiro atoms. The second-order valence-electron chi connectivity index (χ2n) is 14.1. The highest BCUT2D eigenvalue weighted by molar-refractivity contribution is 6.30. The van der Waals surface area contributed by atoms with Gasteiger partial charge in [0.05, 0.1) is 25.7 Å². The molecule has 4 fully saturated rings. The van der Waals surface area contributed by atoms with Crippen molar-refractivity contribution in [3.05, 3.63) is 58.6 Å². The standard InChI is InChI=1S/C37H49ClFN3O6/c1-46-22-26-19-41(20-32(26)31-13-6-27(38)18-34(31)40-16-14-25(15-17-40)35(43)44)36(45)37(39)23-42(28-7-11-30(48-3)12-8-28)21-33(37)24-4-9-29(47-2)10-5-24/h4-6,9-10,13,18,25-26,28,30,32-33H,7-8,11-12,14-17,19-23H2,1-3H3,(H,43,44)/t26-,28-,30-,32+,33+,37+/m1/s1. The minimum atomic E-state index is -2.10. The summed E-state index contributed by atoms with van der Waals surface area (Å²) in [6.07, 6.45) is 5.05. The number of carbonyl (C=O) groups is 2. The number of halogens is 2. The fourth-order valence-corrected chi connectivity index (χ4v) is 8.87. The van der Waals surface area contributed by atoms with E-state index in [2.05, 4.69) is 9.80 Å². The number of amides is 1. The molecule has 2 aromatic rings. The van der Waals surface area contributed by atoms with Gasteiger partial charge in [-0.2, -0.15) is 0 Å². The van der Waals surface area contributed by atoms with E-state index in [0.717, 1.165) is 42.5 Å². The number of piperidine rings is 1. The van der Waals surface area contributed by atoms with Crippen molar-refractivity contribution >= 4 is 29.2 Å². The number of nitrogens with zero attached hydrogens (tertiary/aromatic N) is 3. The van der Waals surface area contributed by atoms with E-state index in [9.17, 15) is 14.7 Å². The van der Waals surface area contributed by atoms with Crippen molar-refractivity contribution in [2.75, 3.05) is 72.1 Å². The largest absolute Gasteiger partial charge is 0.497 e. The molecule has 3 saturated heterocycles. The van der Waals surface area contributed by atoms with E-state index in [1.165, 1.54) is 0 Å². The predicted molar refractivity (Wildman–Crippen MR) is 183 cm³/mol. The Bertz CT molecular complexity index is 1430. The lowest BCUT2D eigenvalue weighted by Crippen LogP contribution is -2.50. The van der Waals surface area contributed by atoms with E-state index < -0.39 is 23.5 Å². The third-order valence-electron chi connectivity index (χ3n) is 11.5. The van der Waals surface area contributed by atoms with Gasteiger partial charge in [-0.15, -0.1) is 0 Å². The number of ether oxygens (including phenoxy) is 3. The Morgan fingerprint density at radius 2 is 1.67 bits per heavy atom. The van der Waals surface area contributed by atoms with Crippen molar-refractivity contribution < 1.29 is 33.3 Å². The zero-order chi connectivity index (χ0) is 34.0. The van der Waals surface area contributed by atoms with E-state index in [4.69, 9.17) is 25.8 Å². The fraction of sp³-hybridized carbons (Fsp3) is 0.622. The summed E-state index contributed by atoms with van der Waals surface area (Å²) in [5, 5.41) is 10.1. The quantitative estimate of drug-likeness (QED) is 0.346. The predicted octanol–water partition coefficient (Wildman–Crippen LogP) is 5.60. The van der Waals surface area contributed by atoms with E-state index in [-0.39, 0.29) is 36.4 Å². The van der Waals surface area contributed by atoms with Crippen LogP contribution in [0, 0.1) is 11.8 Å². The van der Waals surface area contributed by atoms with Crippen molar-refractivity contribution in [3.63, 3.8) is 0 Å². The molecule has 11 heteroatoms. The zero-order valence-electron chi connectivity index (χ0n) is 28.3. The topological polar surface area (TPSA) is 91.8 Å². The van der Waals surface area contributed by atoms with Gasteiger partial charge in [-0.05, 0) is 73.9 Å². The van der Waals surface area contributed by atoms with Crippen molar-refractivity contribution in [1.29, 1.82) is 0 Å². The first-order valence-electron chi connectivity index (χ1n) is 17.3. The molecule has 1 saturated carbocycles. The number of benzene rings is 2. The maximum atomic E-state index is 17.8. The number of methoxy groups -OCH3 is 3. The van der Waals surface area contributed by atoms with Crippen molar-refractivity contribution in [2.45, 2.75) is 68.2 Å². The third kappa shape index (κ3) is 7.04. The molecule has 3 heterocycles. The number of carboxylic acids is 1. The second kappa shape index (κ2) is 14.9. The first-order chi connectivity index (χ1) is 23.1. The molecular weight excluding hydrogens is 637 g/mol. The van der Waals surface area contributed by atoms with Gasteiger partial charge < -0.3 is 29.1 Å². The van der Waals surface area contributed by atoms with E-state index >= 15 is 4.39 Å². The Morgan fingerprint density at radius 3 is 2.29 bits per heavy atom. The Hall–Kier alpha value is -2.92. The highest BCUT2D eigenvalue weighted by Crippen LogP contribution is 2.46. The van der Waals surface area contributed by atoms with Crippen LogP contribution in [0.4, 0.5) is 10.1 Å². The monoisotopic (exact) mass is 685 g/mol. The molecule has 0 bridgehead atoms.